The fourth-order valence-electron chi connectivity index (χ4n) is 3.89. The SMILES string of the molecule is CCn1cc(-c2ccncc2)c(-c2cccc(NS(=O)(=O)c3cc(C(F)OC)ccc3C(F)OC)c2F)n1. The number of sulfonamides is 1. The van der Waals surface area contributed by atoms with Crippen molar-refractivity contribution >= 4 is 15.7 Å². The van der Waals surface area contributed by atoms with Gasteiger partial charge in [-0.15, -0.1) is 0 Å². The van der Waals surface area contributed by atoms with Gasteiger partial charge in [0.25, 0.3) is 10.0 Å². The first kappa shape index (κ1) is 27.3. The van der Waals surface area contributed by atoms with Gasteiger partial charge in [-0.3, -0.25) is 14.4 Å². The number of aryl methyl sites for hydroxylation is 1. The van der Waals surface area contributed by atoms with Gasteiger partial charge < -0.3 is 9.47 Å². The molecule has 0 amide bonds. The number of anilines is 1. The normalized spacial score (nSPS) is 13.3. The van der Waals surface area contributed by atoms with E-state index in [1.54, 1.807) is 35.4 Å². The Kier molecular flexibility index (Phi) is 8.14. The van der Waals surface area contributed by atoms with Crippen molar-refractivity contribution in [2.45, 2.75) is 31.1 Å². The van der Waals surface area contributed by atoms with Gasteiger partial charge in [-0.05, 0) is 42.8 Å². The van der Waals surface area contributed by atoms with E-state index < -0.39 is 39.1 Å². The number of hydrogen-bond donors (Lipinski definition) is 1. The van der Waals surface area contributed by atoms with Gasteiger partial charge in [-0.25, -0.2) is 21.6 Å². The minimum absolute atomic E-state index is 0.0432. The standard InChI is InChI=1S/C26H25F3N4O4S/c1-4-33-15-20(16-10-12-30-13-11-16)24(31-33)19-6-5-7-21(23(19)27)32-38(34,35)22-14-17(25(28)36-2)8-9-18(22)26(29)37-3/h5-15,25-26,32H,4H2,1-3H3. The average Bonchev–Trinajstić information content (AvgIpc) is 3.37. The molecule has 0 bridgehead atoms. The van der Waals surface area contributed by atoms with Crippen LogP contribution in [0.25, 0.3) is 22.4 Å². The molecule has 4 rings (SSSR count). The van der Waals surface area contributed by atoms with Crippen LogP contribution in [0.3, 0.4) is 0 Å². The van der Waals surface area contributed by atoms with Crippen molar-refractivity contribution in [2.24, 2.45) is 0 Å². The maximum absolute atomic E-state index is 15.8. The first-order chi connectivity index (χ1) is 18.2. The van der Waals surface area contributed by atoms with Gasteiger partial charge in [-0.1, -0.05) is 18.2 Å². The van der Waals surface area contributed by atoms with E-state index >= 15 is 4.39 Å². The zero-order valence-corrected chi connectivity index (χ0v) is 21.5. The molecule has 4 aromatic rings. The fourth-order valence-corrected chi connectivity index (χ4v) is 5.21. The number of methoxy groups -OCH3 is 2. The number of pyridine rings is 1. The van der Waals surface area contributed by atoms with E-state index in [-0.39, 0.29) is 16.7 Å². The van der Waals surface area contributed by atoms with Crippen molar-refractivity contribution in [3.05, 3.63) is 84.1 Å². The lowest BCUT2D eigenvalue weighted by atomic mass is 10.0. The van der Waals surface area contributed by atoms with Crippen LogP contribution in [0.5, 0.6) is 0 Å². The lowest BCUT2D eigenvalue weighted by Crippen LogP contribution is -2.18. The zero-order chi connectivity index (χ0) is 27.4. The molecule has 0 saturated carbocycles. The second kappa shape index (κ2) is 11.3. The Balaban J connectivity index is 1.80. The Morgan fingerprint density at radius 3 is 2.37 bits per heavy atom. The molecule has 0 aliphatic carbocycles. The Morgan fingerprint density at radius 2 is 1.71 bits per heavy atom. The summed E-state index contributed by atoms with van der Waals surface area (Å²) in [6.07, 6.45) is 0.859. The lowest BCUT2D eigenvalue weighted by molar-refractivity contribution is -0.0113. The van der Waals surface area contributed by atoms with Gasteiger partial charge in [-0.2, -0.15) is 5.10 Å². The summed E-state index contributed by atoms with van der Waals surface area (Å²) < 4.78 is 84.2. The molecule has 0 aliphatic heterocycles. The van der Waals surface area contributed by atoms with E-state index in [0.717, 1.165) is 31.9 Å². The van der Waals surface area contributed by atoms with Crippen molar-refractivity contribution in [1.29, 1.82) is 0 Å². The van der Waals surface area contributed by atoms with E-state index in [2.05, 4.69) is 24.3 Å². The predicted molar refractivity (Wildman–Crippen MR) is 135 cm³/mol. The third-order valence-corrected chi connectivity index (χ3v) is 7.24. The molecule has 0 spiro atoms. The molecular weight excluding hydrogens is 521 g/mol. The van der Waals surface area contributed by atoms with Crippen molar-refractivity contribution < 1.29 is 31.1 Å². The van der Waals surface area contributed by atoms with Crippen LogP contribution < -0.4 is 4.72 Å². The van der Waals surface area contributed by atoms with Crippen LogP contribution in [0, 0.1) is 5.82 Å². The van der Waals surface area contributed by atoms with Crippen molar-refractivity contribution in [3.63, 3.8) is 0 Å². The highest BCUT2D eigenvalue weighted by Crippen LogP contribution is 2.36. The third-order valence-electron chi connectivity index (χ3n) is 5.82. The molecule has 0 aliphatic rings. The van der Waals surface area contributed by atoms with E-state index in [9.17, 15) is 17.2 Å². The minimum Gasteiger partial charge on any atom is -0.348 e. The molecular formula is C26H25F3N4O4S. The molecule has 2 aromatic heterocycles. The number of nitrogens with zero attached hydrogens (tertiary/aromatic N) is 3. The number of ether oxygens (including phenoxy) is 2. The number of nitrogens with one attached hydrogen (secondary N) is 1. The van der Waals surface area contributed by atoms with Crippen LogP contribution in [0.2, 0.25) is 0 Å². The summed E-state index contributed by atoms with van der Waals surface area (Å²) in [5.41, 5.74) is 0.754. The largest absolute Gasteiger partial charge is 0.348 e. The Hall–Kier alpha value is -3.74. The van der Waals surface area contributed by atoms with E-state index in [4.69, 9.17) is 0 Å². The average molecular weight is 547 g/mol. The fraction of sp³-hybridized carbons (Fsp3) is 0.231. The van der Waals surface area contributed by atoms with E-state index in [1.807, 2.05) is 6.92 Å². The summed E-state index contributed by atoms with van der Waals surface area (Å²) in [6.45, 7) is 2.40. The molecule has 12 heteroatoms. The van der Waals surface area contributed by atoms with E-state index in [0.29, 0.717) is 17.8 Å². The van der Waals surface area contributed by atoms with E-state index in [1.165, 1.54) is 24.3 Å². The lowest BCUT2D eigenvalue weighted by Gasteiger charge is -2.17. The van der Waals surface area contributed by atoms with Gasteiger partial charge in [0, 0.05) is 61.6 Å². The van der Waals surface area contributed by atoms with Gasteiger partial charge in [0.2, 0.25) is 12.7 Å². The molecule has 1 N–H and O–H groups in total. The predicted octanol–water partition coefficient (Wildman–Crippen LogP) is 5.80. The van der Waals surface area contributed by atoms with Gasteiger partial charge in [0.1, 0.15) is 5.69 Å². The van der Waals surface area contributed by atoms with Crippen molar-refractivity contribution in [3.8, 4) is 22.4 Å². The molecule has 2 unspecified atom stereocenters. The van der Waals surface area contributed by atoms with Crippen LogP contribution in [-0.4, -0.2) is 37.4 Å². The molecule has 0 fully saturated rings. The summed E-state index contributed by atoms with van der Waals surface area (Å²) in [6, 6.07) is 10.8. The topological polar surface area (TPSA) is 95.3 Å². The number of aromatic nitrogens is 3. The second-order valence-corrected chi connectivity index (χ2v) is 9.81. The Morgan fingerprint density at radius 1 is 1.00 bits per heavy atom. The van der Waals surface area contributed by atoms with Gasteiger partial charge >= 0.3 is 0 Å². The number of rotatable bonds is 10. The van der Waals surface area contributed by atoms with Gasteiger partial charge in [0.15, 0.2) is 5.82 Å². The smallest absolute Gasteiger partial charge is 0.262 e. The van der Waals surface area contributed by atoms with Crippen LogP contribution >= 0.6 is 0 Å². The molecule has 2 atom stereocenters. The first-order valence-corrected chi connectivity index (χ1v) is 13.0. The first-order valence-electron chi connectivity index (χ1n) is 11.5. The van der Waals surface area contributed by atoms with Crippen LogP contribution in [0.4, 0.5) is 18.9 Å². The molecule has 8 nitrogen and oxygen atoms in total. The van der Waals surface area contributed by atoms with Crippen LogP contribution in [-0.2, 0) is 26.0 Å². The Labute approximate surface area is 218 Å². The number of halogens is 3. The highest BCUT2D eigenvalue weighted by molar-refractivity contribution is 7.92. The number of benzene rings is 2. The van der Waals surface area contributed by atoms with Gasteiger partial charge in [0.05, 0.1) is 10.6 Å². The molecule has 0 saturated heterocycles. The quantitative estimate of drug-likeness (QED) is 0.270. The highest BCUT2D eigenvalue weighted by atomic mass is 32.2. The number of hydrogen-bond acceptors (Lipinski definition) is 6. The van der Waals surface area contributed by atoms with Crippen LogP contribution in [0.1, 0.15) is 30.8 Å². The minimum atomic E-state index is -4.61. The maximum Gasteiger partial charge on any atom is 0.262 e. The summed E-state index contributed by atoms with van der Waals surface area (Å²) in [7, 11) is -2.47. The zero-order valence-electron chi connectivity index (χ0n) is 20.7. The van der Waals surface area contributed by atoms with Crippen molar-refractivity contribution in [2.75, 3.05) is 18.9 Å². The molecule has 0 radical (unpaired) electrons. The molecule has 38 heavy (non-hydrogen) atoms. The maximum atomic E-state index is 15.8. The highest BCUT2D eigenvalue weighted by Gasteiger charge is 2.28. The summed E-state index contributed by atoms with van der Waals surface area (Å²) >= 11 is 0. The third kappa shape index (κ3) is 5.42. The molecule has 2 heterocycles. The molecule has 200 valence electrons. The molecule has 2 aromatic carbocycles. The second-order valence-electron chi connectivity index (χ2n) is 8.16. The monoisotopic (exact) mass is 546 g/mol. The number of alkyl halides is 2. The van der Waals surface area contributed by atoms with Crippen molar-refractivity contribution in [1.82, 2.24) is 14.8 Å². The summed E-state index contributed by atoms with van der Waals surface area (Å²) in [5, 5.41) is 4.48. The summed E-state index contributed by atoms with van der Waals surface area (Å²) in [5.74, 6) is -0.894. The Bertz CT molecular complexity index is 1530. The summed E-state index contributed by atoms with van der Waals surface area (Å²) in [4.78, 5) is 3.38. The van der Waals surface area contributed by atoms with Crippen LogP contribution in [0.15, 0.2) is 72.0 Å².